The summed E-state index contributed by atoms with van der Waals surface area (Å²) >= 11 is 0. The Labute approximate surface area is 164 Å². The molecule has 0 bridgehead atoms. The number of hydrogen-bond donors (Lipinski definition) is 1. The zero-order valence-corrected chi connectivity index (χ0v) is 15.9. The summed E-state index contributed by atoms with van der Waals surface area (Å²) < 4.78 is 4.77. The second-order valence-electron chi connectivity index (χ2n) is 7.18. The van der Waals surface area contributed by atoms with Crippen LogP contribution in [0.15, 0.2) is 54.7 Å². The van der Waals surface area contributed by atoms with Crippen LogP contribution in [-0.2, 0) is 9.53 Å². The number of nitrogens with zero attached hydrogens (tertiary/aromatic N) is 3. The normalized spacial score (nSPS) is 16.1. The molecule has 0 spiro atoms. The molecule has 2 N–H and O–H groups in total. The molecule has 28 heavy (non-hydrogen) atoms. The van der Waals surface area contributed by atoms with Crippen LogP contribution in [0.25, 0.3) is 22.0 Å². The van der Waals surface area contributed by atoms with E-state index in [1.165, 1.54) is 17.9 Å². The summed E-state index contributed by atoms with van der Waals surface area (Å²) in [4.78, 5) is 23.1. The number of anilines is 1. The largest absolute Gasteiger partial charge is 0.468 e. The fourth-order valence-corrected chi connectivity index (χ4v) is 3.80. The van der Waals surface area contributed by atoms with Gasteiger partial charge in [0.2, 0.25) is 5.95 Å². The van der Waals surface area contributed by atoms with Crippen LogP contribution in [0.1, 0.15) is 12.8 Å². The molecule has 1 aromatic heterocycles. The first-order valence-electron chi connectivity index (χ1n) is 9.56. The van der Waals surface area contributed by atoms with Gasteiger partial charge < -0.3 is 15.4 Å². The van der Waals surface area contributed by atoms with Gasteiger partial charge in [-0.2, -0.15) is 0 Å². The second-order valence-corrected chi connectivity index (χ2v) is 7.18. The highest BCUT2D eigenvalue weighted by Crippen LogP contribution is 2.26. The lowest BCUT2D eigenvalue weighted by Crippen LogP contribution is -2.45. The van der Waals surface area contributed by atoms with Crippen molar-refractivity contribution in [3.05, 3.63) is 54.7 Å². The van der Waals surface area contributed by atoms with Gasteiger partial charge in [0.25, 0.3) is 0 Å². The van der Waals surface area contributed by atoms with E-state index >= 15 is 0 Å². The fourth-order valence-electron chi connectivity index (χ4n) is 3.80. The number of aromatic nitrogens is 2. The third-order valence-corrected chi connectivity index (χ3v) is 5.49. The molecule has 6 nitrogen and oxygen atoms in total. The van der Waals surface area contributed by atoms with E-state index in [1.54, 1.807) is 6.20 Å². The van der Waals surface area contributed by atoms with Crippen LogP contribution >= 0.6 is 0 Å². The second kappa shape index (κ2) is 7.94. The van der Waals surface area contributed by atoms with Crippen LogP contribution in [-0.4, -0.2) is 42.2 Å². The summed E-state index contributed by atoms with van der Waals surface area (Å²) in [5.74, 6) is 0.510. The topological polar surface area (TPSA) is 81.3 Å². The van der Waals surface area contributed by atoms with Crippen molar-refractivity contribution < 1.29 is 9.53 Å². The minimum Gasteiger partial charge on any atom is -0.468 e. The maximum absolute atomic E-state index is 11.7. The lowest BCUT2D eigenvalue weighted by Gasteiger charge is -2.33. The first kappa shape index (κ1) is 18.4. The van der Waals surface area contributed by atoms with Gasteiger partial charge in [-0.25, -0.2) is 9.97 Å². The monoisotopic (exact) mass is 376 g/mol. The number of fused-ring (bicyclic) bond motifs is 1. The predicted molar refractivity (Wildman–Crippen MR) is 110 cm³/mol. The van der Waals surface area contributed by atoms with Crippen LogP contribution in [0.2, 0.25) is 0 Å². The highest BCUT2D eigenvalue weighted by Gasteiger charge is 2.30. The molecular weight excluding hydrogens is 352 g/mol. The summed E-state index contributed by atoms with van der Waals surface area (Å²) in [5, 5.41) is 2.40. The van der Waals surface area contributed by atoms with E-state index in [1.807, 2.05) is 18.2 Å². The number of ether oxygens (including phenoxy) is 1. The summed E-state index contributed by atoms with van der Waals surface area (Å²) in [7, 11) is 1.38. The van der Waals surface area contributed by atoms with E-state index in [2.05, 4.69) is 40.2 Å². The zero-order valence-electron chi connectivity index (χ0n) is 15.9. The van der Waals surface area contributed by atoms with Gasteiger partial charge in [-0.05, 0) is 41.7 Å². The van der Waals surface area contributed by atoms with Gasteiger partial charge in [-0.15, -0.1) is 0 Å². The Hall–Kier alpha value is -2.99. The number of esters is 1. The van der Waals surface area contributed by atoms with E-state index in [0.717, 1.165) is 43.1 Å². The van der Waals surface area contributed by atoms with Gasteiger partial charge in [0.1, 0.15) is 6.04 Å². The Kier molecular flexibility index (Phi) is 5.21. The molecule has 1 aliphatic rings. The van der Waals surface area contributed by atoms with Crippen molar-refractivity contribution in [1.82, 2.24) is 9.97 Å². The third-order valence-electron chi connectivity index (χ3n) is 5.49. The number of nitrogens with two attached hydrogens (primary N) is 1. The smallest absolute Gasteiger partial charge is 0.322 e. The molecule has 0 aliphatic carbocycles. The molecule has 3 aromatic rings. The van der Waals surface area contributed by atoms with E-state index in [-0.39, 0.29) is 11.9 Å². The number of carbonyl (C=O) groups is 1. The highest BCUT2D eigenvalue weighted by atomic mass is 16.5. The average Bonchev–Trinajstić information content (AvgIpc) is 2.78. The summed E-state index contributed by atoms with van der Waals surface area (Å²) in [6.45, 7) is 1.55. The van der Waals surface area contributed by atoms with Gasteiger partial charge in [0.15, 0.2) is 0 Å². The number of hydrogen-bond acceptors (Lipinski definition) is 6. The molecule has 1 unspecified atom stereocenters. The number of piperidine rings is 1. The Bertz CT molecular complexity index is 983. The Morgan fingerprint density at radius 3 is 2.64 bits per heavy atom. The van der Waals surface area contributed by atoms with Crippen molar-refractivity contribution in [2.75, 3.05) is 25.1 Å². The molecule has 0 saturated carbocycles. The van der Waals surface area contributed by atoms with Crippen molar-refractivity contribution in [1.29, 1.82) is 0 Å². The van der Waals surface area contributed by atoms with Crippen molar-refractivity contribution in [3.63, 3.8) is 0 Å². The van der Waals surface area contributed by atoms with Crippen molar-refractivity contribution >= 4 is 22.7 Å². The zero-order chi connectivity index (χ0) is 19.5. The SMILES string of the molecule is COC(=O)C(N)C1CCN(c2nccc(-c3ccc4ccccc4c3)n2)CC1. The van der Waals surface area contributed by atoms with Gasteiger partial charge in [0, 0.05) is 24.8 Å². The number of carbonyl (C=O) groups excluding carboxylic acids is 1. The number of methoxy groups -OCH3 is 1. The third kappa shape index (κ3) is 3.68. The van der Waals surface area contributed by atoms with Crippen LogP contribution in [0.5, 0.6) is 0 Å². The van der Waals surface area contributed by atoms with Crippen LogP contribution in [0.4, 0.5) is 5.95 Å². The quantitative estimate of drug-likeness (QED) is 0.705. The summed E-state index contributed by atoms with van der Waals surface area (Å²) in [6.07, 6.45) is 3.44. The van der Waals surface area contributed by atoms with Crippen LogP contribution < -0.4 is 10.6 Å². The van der Waals surface area contributed by atoms with Gasteiger partial charge >= 0.3 is 5.97 Å². The van der Waals surface area contributed by atoms with Crippen molar-refractivity contribution in [2.24, 2.45) is 11.7 Å². The first-order chi connectivity index (χ1) is 13.7. The molecule has 0 radical (unpaired) electrons. The minimum absolute atomic E-state index is 0.132. The Balaban J connectivity index is 1.50. The number of benzene rings is 2. The summed E-state index contributed by atoms with van der Waals surface area (Å²) in [5.41, 5.74) is 7.99. The van der Waals surface area contributed by atoms with Crippen molar-refractivity contribution in [2.45, 2.75) is 18.9 Å². The fraction of sp³-hybridized carbons (Fsp3) is 0.318. The van der Waals surface area contributed by atoms with Crippen molar-refractivity contribution in [3.8, 4) is 11.3 Å². The molecule has 1 fully saturated rings. The molecule has 2 heterocycles. The molecule has 6 heteroatoms. The molecule has 1 saturated heterocycles. The molecule has 144 valence electrons. The maximum atomic E-state index is 11.7. The predicted octanol–water partition coefficient (Wildman–Crippen LogP) is 3.01. The van der Waals surface area contributed by atoms with E-state index in [0.29, 0.717) is 0 Å². The Morgan fingerprint density at radius 2 is 1.89 bits per heavy atom. The molecule has 1 aliphatic heterocycles. The van der Waals surface area contributed by atoms with Gasteiger partial charge in [-0.3, -0.25) is 4.79 Å². The van der Waals surface area contributed by atoms with E-state index < -0.39 is 6.04 Å². The van der Waals surface area contributed by atoms with Crippen LogP contribution in [0, 0.1) is 5.92 Å². The Morgan fingerprint density at radius 1 is 1.14 bits per heavy atom. The molecule has 4 rings (SSSR count). The van der Waals surface area contributed by atoms with Crippen LogP contribution in [0.3, 0.4) is 0 Å². The van der Waals surface area contributed by atoms with Gasteiger partial charge in [0.05, 0.1) is 12.8 Å². The van der Waals surface area contributed by atoms with E-state index in [4.69, 9.17) is 15.5 Å². The maximum Gasteiger partial charge on any atom is 0.322 e. The number of rotatable bonds is 4. The summed E-state index contributed by atoms with van der Waals surface area (Å²) in [6, 6.07) is 16.0. The first-order valence-corrected chi connectivity index (χ1v) is 9.56. The molecular formula is C22H24N4O2. The molecule has 1 atom stereocenters. The highest BCUT2D eigenvalue weighted by molar-refractivity contribution is 5.86. The standard InChI is InChI=1S/C22H24N4O2/c1-28-21(27)20(23)16-9-12-26(13-10-16)22-24-11-8-19(25-22)18-7-6-15-4-2-3-5-17(15)14-18/h2-8,11,14,16,20H,9-10,12-13,23H2,1H3. The lowest BCUT2D eigenvalue weighted by atomic mass is 9.90. The molecule has 0 amide bonds. The average molecular weight is 376 g/mol. The minimum atomic E-state index is -0.558. The molecule has 2 aromatic carbocycles. The van der Waals surface area contributed by atoms with Gasteiger partial charge in [-0.1, -0.05) is 36.4 Å². The lowest BCUT2D eigenvalue weighted by molar-refractivity contribution is -0.143. The van der Waals surface area contributed by atoms with E-state index in [9.17, 15) is 4.79 Å².